The van der Waals surface area contributed by atoms with E-state index >= 15 is 0 Å². The van der Waals surface area contributed by atoms with Crippen LogP contribution in [0.5, 0.6) is 0 Å². The first kappa shape index (κ1) is 18.9. The van der Waals surface area contributed by atoms with Gasteiger partial charge in [0.15, 0.2) is 0 Å². The second-order valence-corrected chi connectivity index (χ2v) is 7.13. The first-order valence-corrected chi connectivity index (χ1v) is 9.25. The van der Waals surface area contributed by atoms with Crippen LogP contribution in [0.25, 0.3) is 5.69 Å². The van der Waals surface area contributed by atoms with E-state index in [1.54, 1.807) is 30.0 Å². The smallest absolute Gasteiger partial charge is 0.407 e. The van der Waals surface area contributed by atoms with Crippen LogP contribution in [0.4, 0.5) is 10.5 Å². The number of hydrogen-bond donors (Lipinski definition) is 1. The van der Waals surface area contributed by atoms with Crippen LogP contribution in [0.2, 0.25) is 5.02 Å². The Kier molecular flexibility index (Phi) is 4.89. The van der Waals surface area contributed by atoms with Crippen LogP contribution >= 0.6 is 11.6 Å². The molecule has 0 fully saturated rings. The minimum atomic E-state index is -1.02. The van der Waals surface area contributed by atoms with Gasteiger partial charge < -0.3 is 10.0 Å². The molecule has 0 saturated carbocycles. The standard InChI is InChI=1S/C19H17ClN6O3/c1-12-9-25(17-5-3-2-4-13(17)10-24(12)19(28)29)18(27)15-7-6-14(8-16(15)20)26-11-21-22-23-26/h2-8,11-12H,9-10H2,1H3,(H,28,29)/t12-/m1/s1. The van der Waals surface area contributed by atoms with Crippen molar-refractivity contribution in [2.75, 3.05) is 11.4 Å². The molecule has 3 aromatic rings. The Morgan fingerprint density at radius 2 is 2.00 bits per heavy atom. The van der Waals surface area contributed by atoms with Crippen LogP contribution in [0, 0.1) is 0 Å². The number of anilines is 1. The summed E-state index contributed by atoms with van der Waals surface area (Å²) in [5, 5.41) is 20.8. The lowest BCUT2D eigenvalue weighted by Gasteiger charge is -2.27. The van der Waals surface area contributed by atoms with Crippen molar-refractivity contribution in [2.24, 2.45) is 0 Å². The van der Waals surface area contributed by atoms with Crippen molar-refractivity contribution in [3.63, 3.8) is 0 Å². The van der Waals surface area contributed by atoms with Crippen LogP contribution in [-0.2, 0) is 6.54 Å². The normalized spacial score (nSPS) is 16.3. The van der Waals surface area contributed by atoms with Crippen molar-refractivity contribution in [2.45, 2.75) is 19.5 Å². The van der Waals surface area contributed by atoms with Crippen molar-refractivity contribution in [1.29, 1.82) is 0 Å². The van der Waals surface area contributed by atoms with E-state index in [2.05, 4.69) is 15.5 Å². The molecule has 1 atom stereocenters. The summed E-state index contributed by atoms with van der Waals surface area (Å²) in [5.41, 5.74) is 2.37. The third-order valence-corrected chi connectivity index (χ3v) is 5.20. The zero-order valence-electron chi connectivity index (χ0n) is 15.4. The predicted octanol–water partition coefficient (Wildman–Crippen LogP) is 2.84. The number of fused-ring (bicyclic) bond motifs is 1. The highest BCUT2D eigenvalue weighted by Gasteiger charge is 2.32. The Balaban J connectivity index is 1.72. The molecule has 9 nitrogen and oxygen atoms in total. The molecule has 1 aromatic heterocycles. The second-order valence-electron chi connectivity index (χ2n) is 6.72. The van der Waals surface area contributed by atoms with Gasteiger partial charge in [0, 0.05) is 12.2 Å². The summed E-state index contributed by atoms with van der Waals surface area (Å²) >= 11 is 6.41. The number of aromatic nitrogens is 4. The fourth-order valence-electron chi connectivity index (χ4n) is 3.40. The SMILES string of the molecule is C[C@@H]1CN(C(=O)c2ccc(-n3cnnn3)cc2Cl)c2ccccc2CN1C(=O)O. The Morgan fingerprint density at radius 3 is 2.69 bits per heavy atom. The van der Waals surface area contributed by atoms with Crippen LogP contribution in [0.1, 0.15) is 22.8 Å². The summed E-state index contributed by atoms with van der Waals surface area (Å²) in [6.07, 6.45) is 0.408. The van der Waals surface area contributed by atoms with Gasteiger partial charge in [-0.15, -0.1) is 5.10 Å². The number of carbonyl (C=O) groups is 2. The molecule has 29 heavy (non-hydrogen) atoms. The van der Waals surface area contributed by atoms with Crippen LogP contribution < -0.4 is 4.90 Å². The number of nitrogens with zero attached hydrogens (tertiary/aromatic N) is 6. The van der Waals surface area contributed by atoms with Crippen molar-refractivity contribution < 1.29 is 14.7 Å². The van der Waals surface area contributed by atoms with Gasteiger partial charge in [0.2, 0.25) is 0 Å². The second kappa shape index (κ2) is 7.51. The quantitative estimate of drug-likeness (QED) is 0.694. The third-order valence-electron chi connectivity index (χ3n) is 4.89. The van der Waals surface area contributed by atoms with Crippen molar-refractivity contribution in [3.8, 4) is 5.69 Å². The maximum atomic E-state index is 13.4. The highest BCUT2D eigenvalue weighted by molar-refractivity contribution is 6.34. The molecule has 0 spiro atoms. The minimum absolute atomic E-state index is 0.211. The lowest BCUT2D eigenvalue weighted by Crippen LogP contribution is -2.44. The summed E-state index contributed by atoms with van der Waals surface area (Å²) < 4.78 is 1.44. The highest BCUT2D eigenvalue weighted by Crippen LogP contribution is 2.30. The molecule has 0 aliphatic carbocycles. The monoisotopic (exact) mass is 412 g/mol. The summed E-state index contributed by atoms with van der Waals surface area (Å²) in [7, 11) is 0. The molecule has 1 aliphatic rings. The van der Waals surface area contributed by atoms with E-state index in [1.165, 1.54) is 15.9 Å². The lowest BCUT2D eigenvalue weighted by molar-refractivity contribution is 0.0970. The summed E-state index contributed by atoms with van der Waals surface area (Å²) in [6, 6.07) is 11.8. The summed E-state index contributed by atoms with van der Waals surface area (Å²) in [6.45, 7) is 2.21. The number of tetrazole rings is 1. The predicted molar refractivity (Wildman–Crippen MR) is 105 cm³/mol. The average molecular weight is 413 g/mol. The molecule has 2 amide bonds. The van der Waals surface area contributed by atoms with Gasteiger partial charge in [-0.1, -0.05) is 29.8 Å². The Bertz CT molecular complexity index is 1070. The van der Waals surface area contributed by atoms with Gasteiger partial charge >= 0.3 is 6.09 Å². The fraction of sp³-hybridized carbons (Fsp3) is 0.211. The molecule has 4 rings (SSSR count). The highest BCUT2D eigenvalue weighted by atomic mass is 35.5. The van der Waals surface area contributed by atoms with Gasteiger partial charge in [-0.2, -0.15) is 0 Å². The average Bonchev–Trinajstić information content (AvgIpc) is 3.19. The van der Waals surface area contributed by atoms with E-state index in [-0.39, 0.29) is 30.1 Å². The largest absolute Gasteiger partial charge is 0.465 e. The molecule has 0 bridgehead atoms. The number of para-hydroxylation sites is 1. The van der Waals surface area contributed by atoms with E-state index in [0.717, 1.165) is 5.56 Å². The summed E-state index contributed by atoms with van der Waals surface area (Å²) in [4.78, 5) is 28.0. The molecule has 2 aromatic carbocycles. The molecular weight excluding hydrogens is 396 g/mol. The van der Waals surface area contributed by atoms with Crippen molar-refractivity contribution >= 4 is 29.3 Å². The number of halogens is 1. The topological polar surface area (TPSA) is 104 Å². The zero-order valence-corrected chi connectivity index (χ0v) is 16.2. The number of hydrogen-bond acceptors (Lipinski definition) is 5. The van der Waals surface area contributed by atoms with E-state index in [0.29, 0.717) is 16.9 Å². The number of amides is 2. The van der Waals surface area contributed by atoms with Crippen molar-refractivity contribution in [1.82, 2.24) is 25.1 Å². The molecule has 10 heteroatoms. The Labute approximate surface area is 171 Å². The van der Waals surface area contributed by atoms with Gasteiger partial charge in [-0.25, -0.2) is 9.48 Å². The van der Waals surface area contributed by atoms with Crippen LogP contribution in [0.15, 0.2) is 48.8 Å². The van der Waals surface area contributed by atoms with Gasteiger partial charge in [-0.05, 0) is 47.2 Å². The summed E-state index contributed by atoms with van der Waals surface area (Å²) in [5.74, 6) is -0.301. The number of benzene rings is 2. The molecular formula is C19H17ClN6O3. The van der Waals surface area contributed by atoms with Gasteiger partial charge in [0.1, 0.15) is 6.33 Å². The van der Waals surface area contributed by atoms with E-state index < -0.39 is 6.09 Å². The molecule has 148 valence electrons. The first-order valence-electron chi connectivity index (χ1n) is 8.88. The number of rotatable bonds is 2. The van der Waals surface area contributed by atoms with E-state index in [1.807, 2.05) is 24.3 Å². The molecule has 0 saturated heterocycles. The lowest BCUT2D eigenvalue weighted by atomic mass is 10.1. The minimum Gasteiger partial charge on any atom is -0.465 e. The Hall–Kier alpha value is -3.46. The van der Waals surface area contributed by atoms with Crippen molar-refractivity contribution in [3.05, 3.63) is 64.9 Å². The maximum absolute atomic E-state index is 13.4. The van der Waals surface area contributed by atoms with Crippen LogP contribution in [-0.4, -0.2) is 54.8 Å². The number of carbonyl (C=O) groups excluding carboxylic acids is 1. The molecule has 0 unspecified atom stereocenters. The molecule has 0 radical (unpaired) electrons. The molecule has 2 heterocycles. The maximum Gasteiger partial charge on any atom is 0.407 e. The van der Waals surface area contributed by atoms with Gasteiger partial charge in [-0.3, -0.25) is 9.69 Å². The van der Waals surface area contributed by atoms with Gasteiger partial charge in [0.05, 0.1) is 28.9 Å². The van der Waals surface area contributed by atoms with E-state index in [4.69, 9.17) is 11.6 Å². The fourth-order valence-corrected chi connectivity index (χ4v) is 3.66. The first-order chi connectivity index (χ1) is 14.0. The molecule has 1 aliphatic heterocycles. The van der Waals surface area contributed by atoms with Gasteiger partial charge in [0.25, 0.3) is 5.91 Å². The zero-order chi connectivity index (χ0) is 20.5. The molecule has 1 N–H and O–H groups in total. The third kappa shape index (κ3) is 3.52. The number of carboxylic acid groups (broad SMARTS) is 1. The van der Waals surface area contributed by atoms with E-state index in [9.17, 15) is 14.7 Å². The Morgan fingerprint density at radius 1 is 1.21 bits per heavy atom. The van der Waals surface area contributed by atoms with Crippen LogP contribution in [0.3, 0.4) is 0 Å².